The summed E-state index contributed by atoms with van der Waals surface area (Å²) in [5.74, 6) is 0.0253. The summed E-state index contributed by atoms with van der Waals surface area (Å²) < 4.78 is 1.37. The highest BCUT2D eigenvalue weighted by molar-refractivity contribution is 6.33. The lowest BCUT2D eigenvalue weighted by Crippen LogP contribution is -2.37. The van der Waals surface area contributed by atoms with E-state index in [0.717, 1.165) is 23.2 Å². The highest BCUT2D eigenvalue weighted by Crippen LogP contribution is 2.28. The van der Waals surface area contributed by atoms with Gasteiger partial charge in [0.15, 0.2) is 5.65 Å². The lowest BCUT2D eigenvalue weighted by atomic mass is 10.0. The number of carbonyl (C=O) groups is 1. The topological polar surface area (TPSA) is 80.1 Å². The molecule has 7 nitrogen and oxygen atoms in total. The van der Waals surface area contributed by atoms with Crippen LogP contribution in [0.1, 0.15) is 19.4 Å². The first-order chi connectivity index (χ1) is 16.7. The zero-order valence-corrected chi connectivity index (χ0v) is 21.0. The fourth-order valence-corrected chi connectivity index (χ4v) is 4.20. The van der Waals surface area contributed by atoms with Crippen LogP contribution in [0.15, 0.2) is 65.6 Å². The molecule has 2 heterocycles. The molecule has 0 bridgehead atoms. The molecule has 0 saturated carbocycles. The number of aromatic nitrogens is 3. The van der Waals surface area contributed by atoms with Crippen LogP contribution in [0.2, 0.25) is 5.02 Å². The van der Waals surface area contributed by atoms with Gasteiger partial charge in [-0.05, 0) is 63.3 Å². The third-order valence-electron chi connectivity index (χ3n) is 5.43. The number of rotatable bonds is 7. The molecular weight excluding hydrogens is 462 g/mol. The van der Waals surface area contributed by atoms with Crippen molar-refractivity contribution in [3.8, 4) is 22.5 Å². The quantitative estimate of drug-likeness (QED) is 0.417. The van der Waals surface area contributed by atoms with Gasteiger partial charge in [0, 0.05) is 29.9 Å². The van der Waals surface area contributed by atoms with E-state index in [1.165, 1.54) is 4.57 Å². The molecule has 0 atom stereocenters. The molecular formula is C27H28ClN5O2. The molecule has 180 valence electrons. The number of nitrogens with zero attached hydrogens (tertiary/aromatic N) is 4. The molecule has 0 aliphatic carbocycles. The first-order valence-corrected chi connectivity index (χ1v) is 11.8. The molecule has 0 unspecified atom stereocenters. The average molecular weight is 490 g/mol. The second-order valence-electron chi connectivity index (χ2n) is 9.06. The van der Waals surface area contributed by atoms with E-state index in [1.54, 1.807) is 30.5 Å². The Bertz CT molecular complexity index is 1450. The first-order valence-electron chi connectivity index (χ1n) is 11.4. The van der Waals surface area contributed by atoms with Crippen LogP contribution in [0.5, 0.6) is 0 Å². The van der Waals surface area contributed by atoms with Gasteiger partial charge in [-0.2, -0.15) is 0 Å². The largest absolute Gasteiger partial charge is 0.352 e. The van der Waals surface area contributed by atoms with Gasteiger partial charge in [-0.3, -0.25) is 14.2 Å². The predicted octanol–water partition coefficient (Wildman–Crippen LogP) is 4.37. The number of hydrogen-bond acceptors (Lipinski definition) is 5. The molecule has 1 N–H and O–H groups in total. The van der Waals surface area contributed by atoms with Gasteiger partial charge in [0.2, 0.25) is 5.91 Å². The van der Waals surface area contributed by atoms with Crippen LogP contribution in [0.25, 0.3) is 33.5 Å². The van der Waals surface area contributed by atoms with Crippen LogP contribution >= 0.6 is 11.6 Å². The Balaban J connectivity index is 1.88. The molecule has 0 aliphatic rings. The number of amides is 1. The minimum Gasteiger partial charge on any atom is -0.352 e. The molecule has 1 amide bonds. The molecule has 0 fully saturated rings. The molecule has 0 spiro atoms. The van der Waals surface area contributed by atoms with Crippen LogP contribution in [-0.2, 0) is 17.9 Å². The molecule has 2 aromatic carbocycles. The fourth-order valence-electron chi connectivity index (χ4n) is 3.98. The van der Waals surface area contributed by atoms with E-state index in [4.69, 9.17) is 11.6 Å². The second kappa shape index (κ2) is 10.4. The van der Waals surface area contributed by atoms with E-state index < -0.39 is 0 Å². The van der Waals surface area contributed by atoms with E-state index in [1.807, 2.05) is 46.1 Å². The number of hydrogen-bond donors (Lipinski definition) is 1. The van der Waals surface area contributed by atoms with Crippen LogP contribution in [0, 0.1) is 0 Å². The number of benzene rings is 2. The van der Waals surface area contributed by atoms with Crippen molar-refractivity contribution in [2.24, 2.45) is 0 Å². The minimum atomic E-state index is -0.345. The number of halogens is 1. The zero-order chi connectivity index (χ0) is 25.1. The third kappa shape index (κ3) is 5.58. The molecule has 4 rings (SSSR count). The SMILES string of the molecule is CC(C)NC(=O)Cn1c(-c2ccccc2Cl)nc2ncc(-c3cccc(CN(C)C)c3)cc2c1=O. The molecule has 2 aromatic heterocycles. The Kier molecular flexibility index (Phi) is 7.28. The number of fused-ring (bicyclic) bond motifs is 1. The van der Waals surface area contributed by atoms with Gasteiger partial charge in [0.25, 0.3) is 5.56 Å². The summed E-state index contributed by atoms with van der Waals surface area (Å²) in [6, 6.07) is 17.0. The van der Waals surface area contributed by atoms with E-state index in [2.05, 4.69) is 32.3 Å². The Morgan fingerprint density at radius 1 is 1.09 bits per heavy atom. The maximum Gasteiger partial charge on any atom is 0.263 e. The summed E-state index contributed by atoms with van der Waals surface area (Å²) in [7, 11) is 4.04. The van der Waals surface area contributed by atoms with Crippen molar-refractivity contribution >= 4 is 28.5 Å². The summed E-state index contributed by atoms with van der Waals surface area (Å²) in [6.07, 6.45) is 1.72. The van der Waals surface area contributed by atoms with Gasteiger partial charge in [-0.25, -0.2) is 9.97 Å². The Labute approximate surface area is 209 Å². The van der Waals surface area contributed by atoms with E-state index in [-0.39, 0.29) is 24.1 Å². The Morgan fingerprint density at radius 2 is 1.86 bits per heavy atom. The van der Waals surface area contributed by atoms with E-state index >= 15 is 0 Å². The molecule has 0 radical (unpaired) electrons. The van der Waals surface area contributed by atoms with Gasteiger partial charge in [-0.15, -0.1) is 0 Å². The summed E-state index contributed by atoms with van der Waals surface area (Å²) in [5, 5.41) is 3.62. The fraction of sp³-hybridized carbons (Fsp3) is 0.259. The molecule has 35 heavy (non-hydrogen) atoms. The number of carbonyl (C=O) groups excluding carboxylic acids is 1. The normalized spacial score (nSPS) is 11.4. The van der Waals surface area contributed by atoms with Crippen LogP contribution in [0.4, 0.5) is 0 Å². The Hall–Kier alpha value is -3.55. The molecule has 0 aliphatic heterocycles. The summed E-state index contributed by atoms with van der Waals surface area (Å²) in [6.45, 7) is 4.36. The molecule has 0 saturated heterocycles. The smallest absolute Gasteiger partial charge is 0.263 e. The minimum absolute atomic E-state index is 0.0573. The summed E-state index contributed by atoms with van der Waals surface area (Å²) in [5.41, 5.74) is 3.44. The highest BCUT2D eigenvalue weighted by Gasteiger charge is 2.19. The van der Waals surface area contributed by atoms with Crippen molar-refractivity contribution in [1.29, 1.82) is 0 Å². The van der Waals surface area contributed by atoms with Gasteiger partial charge in [0.05, 0.1) is 10.4 Å². The van der Waals surface area contributed by atoms with E-state index in [9.17, 15) is 9.59 Å². The maximum absolute atomic E-state index is 13.7. The van der Waals surface area contributed by atoms with Gasteiger partial charge >= 0.3 is 0 Å². The van der Waals surface area contributed by atoms with Crippen LogP contribution in [-0.4, -0.2) is 45.5 Å². The number of nitrogens with one attached hydrogen (secondary N) is 1. The van der Waals surface area contributed by atoms with Crippen molar-refractivity contribution in [3.05, 3.63) is 81.7 Å². The predicted molar refractivity (Wildman–Crippen MR) is 140 cm³/mol. The van der Waals surface area contributed by atoms with Crippen LogP contribution in [0.3, 0.4) is 0 Å². The third-order valence-corrected chi connectivity index (χ3v) is 5.76. The maximum atomic E-state index is 13.7. The second-order valence-corrected chi connectivity index (χ2v) is 9.47. The molecule has 8 heteroatoms. The van der Waals surface area contributed by atoms with Crippen molar-refractivity contribution in [2.45, 2.75) is 33.0 Å². The molecule has 4 aromatic rings. The first kappa shape index (κ1) is 24.6. The lowest BCUT2D eigenvalue weighted by molar-refractivity contribution is -0.122. The Morgan fingerprint density at radius 3 is 2.57 bits per heavy atom. The van der Waals surface area contributed by atoms with Gasteiger partial charge in [-0.1, -0.05) is 41.9 Å². The standard InChI is InChI=1S/C27H28ClN5O2/c1-17(2)30-24(34)16-33-26(21-10-5-6-11-23(21)28)31-25-22(27(33)35)13-20(14-29-25)19-9-7-8-18(12-19)15-32(3)4/h5-14,17H,15-16H2,1-4H3,(H,30,34). The van der Waals surface area contributed by atoms with Crippen LogP contribution < -0.4 is 10.9 Å². The van der Waals surface area contributed by atoms with Crippen molar-refractivity contribution < 1.29 is 4.79 Å². The summed E-state index contributed by atoms with van der Waals surface area (Å²) in [4.78, 5) is 37.6. The number of pyridine rings is 1. The summed E-state index contributed by atoms with van der Waals surface area (Å²) >= 11 is 6.43. The van der Waals surface area contributed by atoms with Crippen molar-refractivity contribution in [2.75, 3.05) is 14.1 Å². The highest BCUT2D eigenvalue weighted by atomic mass is 35.5. The van der Waals surface area contributed by atoms with Gasteiger partial charge in [0.1, 0.15) is 12.4 Å². The van der Waals surface area contributed by atoms with E-state index in [0.29, 0.717) is 27.4 Å². The van der Waals surface area contributed by atoms with Crippen molar-refractivity contribution in [3.63, 3.8) is 0 Å². The van der Waals surface area contributed by atoms with Crippen molar-refractivity contribution in [1.82, 2.24) is 24.8 Å². The lowest BCUT2D eigenvalue weighted by Gasteiger charge is -2.16. The average Bonchev–Trinajstić information content (AvgIpc) is 2.80. The van der Waals surface area contributed by atoms with Gasteiger partial charge < -0.3 is 10.2 Å². The monoisotopic (exact) mass is 489 g/mol. The zero-order valence-electron chi connectivity index (χ0n) is 20.2.